The largest absolute Gasteiger partial charge is 0.320 e. The molecule has 3 nitrogen and oxygen atoms in total. The van der Waals surface area contributed by atoms with Gasteiger partial charge in [0.25, 0.3) is 0 Å². The summed E-state index contributed by atoms with van der Waals surface area (Å²) in [6.07, 6.45) is 2.96. The minimum Gasteiger partial charge on any atom is -0.320 e. The zero-order valence-electron chi connectivity index (χ0n) is 12.7. The Morgan fingerprint density at radius 1 is 1.24 bits per heavy atom. The quantitative estimate of drug-likeness (QED) is 0.856. The average molecular weight is 305 g/mol. The summed E-state index contributed by atoms with van der Waals surface area (Å²) in [5.41, 5.74) is 3.89. The molecule has 2 rings (SSSR count). The SMILES string of the molecule is CCCNCc1cn(-c2cc(Cl)ccc2C)c(C)cc1=O. The lowest BCUT2D eigenvalue weighted by Gasteiger charge is -2.15. The highest BCUT2D eigenvalue weighted by atomic mass is 35.5. The summed E-state index contributed by atoms with van der Waals surface area (Å²) in [7, 11) is 0. The molecule has 0 aliphatic rings. The van der Waals surface area contributed by atoms with Gasteiger partial charge in [0.15, 0.2) is 5.43 Å². The summed E-state index contributed by atoms with van der Waals surface area (Å²) in [6.45, 7) is 7.58. The van der Waals surface area contributed by atoms with E-state index >= 15 is 0 Å². The van der Waals surface area contributed by atoms with E-state index < -0.39 is 0 Å². The van der Waals surface area contributed by atoms with Gasteiger partial charge in [-0.2, -0.15) is 0 Å². The molecule has 0 aliphatic heterocycles. The van der Waals surface area contributed by atoms with Crippen molar-refractivity contribution < 1.29 is 0 Å². The van der Waals surface area contributed by atoms with Crippen molar-refractivity contribution in [1.82, 2.24) is 9.88 Å². The van der Waals surface area contributed by atoms with Crippen LogP contribution in [0, 0.1) is 13.8 Å². The van der Waals surface area contributed by atoms with Crippen LogP contribution in [-0.4, -0.2) is 11.1 Å². The summed E-state index contributed by atoms with van der Waals surface area (Å²) >= 11 is 6.11. The normalized spacial score (nSPS) is 10.9. The van der Waals surface area contributed by atoms with E-state index in [0.717, 1.165) is 35.5 Å². The lowest BCUT2D eigenvalue weighted by Crippen LogP contribution is -2.22. The van der Waals surface area contributed by atoms with Crippen LogP contribution in [-0.2, 0) is 6.54 Å². The van der Waals surface area contributed by atoms with Crippen molar-refractivity contribution in [2.45, 2.75) is 33.7 Å². The van der Waals surface area contributed by atoms with Gasteiger partial charge in [-0.25, -0.2) is 0 Å². The van der Waals surface area contributed by atoms with Crippen LogP contribution in [0.5, 0.6) is 0 Å². The zero-order chi connectivity index (χ0) is 15.4. The molecule has 21 heavy (non-hydrogen) atoms. The Bertz CT molecular complexity index is 692. The van der Waals surface area contributed by atoms with E-state index in [-0.39, 0.29) is 5.43 Å². The highest BCUT2D eigenvalue weighted by Gasteiger charge is 2.08. The summed E-state index contributed by atoms with van der Waals surface area (Å²) in [6, 6.07) is 7.48. The van der Waals surface area contributed by atoms with Gasteiger partial charge in [-0.1, -0.05) is 24.6 Å². The topological polar surface area (TPSA) is 34.0 Å². The second-order valence-electron chi connectivity index (χ2n) is 5.28. The van der Waals surface area contributed by atoms with Crippen molar-refractivity contribution in [2.24, 2.45) is 0 Å². The van der Waals surface area contributed by atoms with Crippen LogP contribution in [0.25, 0.3) is 5.69 Å². The van der Waals surface area contributed by atoms with Gasteiger partial charge in [-0.05, 0) is 44.5 Å². The van der Waals surface area contributed by atoms with Gasteiger partial charge in [-0.15, -0.1) is 0 Å². The van der Waals surface area contributed by atoms with Crippen LogP contribution >= 0.6 is 11.6 Å². The predicted octanol–water partition coefficient (Wildman–Crippen LogP) is 3.61. The van der Waals surface area contributed by atoms with Crippen molar-refractivity contribution in [2.75, 3.05) is 6.54 Å². The lowest BCUT2D eigenvalue weighted by atomic mass is 10.1. The number of aryl methyl sites for hydroxylation is 2. The Kier molecular flexibility index (Phi) is 5.21. The van der Waals surface area contributed by atoms with Crippen LogP contribution in [0.4, 0.5) is 0 Å². The summed E-state index contributed by atoms with van der Waals surface area (Å²) < 4.78 is 2.03. The lowest BCUT2D eigenvalue weighted by molar-refractivity contribution is 0.668. The Hall–Kier alpha value is -1.58. The number of benzene rings is 1. The smallest absolute Gasteiger partial charge is 0.186 e. The van der Waals surface area contributed by atoms with Gasteiger partial charge in [0.1, 0.15) is 0 Å². The number of nitrogens with zero attached hydrogens (tertiary/aromatic N) is 1. The second kappa shape index (κ2) is 6.92. The third kappa shape index (κ3) is 3.74. The third-order valence-corrected chi connectivity index (χ3v) is 3.73. The maximum absolute atomic E-state index is 12.1. The Balaban J connectivity index is 2.46. The van der Waals surface area contributed by atoms with Crippen LogP contribution < -0.4 is 10.7 Å². The van der Waals surface area contributed by atoms with Crippen LogP contribution in [0.15, 0.2) is 35.3 Å². The van der Waals surface area contributed by atoms with Crippen LogP contribution in [0.2, 0.25) is 5.02 Å². The third-order valence-electron chi connectivity index (χ3n) is 3.49. The molecule has 112 valence electrons. The first-order valence-corrected chi connectivity index (χ1v) is 7.60. The zero-order valence-corrected chi connectivity index (χ0v) is 13.5. The molecule has 0 spiro atoms. The molecule has 0 radical (unpaired) electrons. The Morgan fingerprint density at radius 3 is 2.71 bits per heavy atom. The molecule has 0 saturated heterocycles. The van der Waals surface area contributed by atoms with Crippen molar-refractivity contribution in [1.29, 1.82) is 0 Å². The molecule has 0 aliphatic carbocycles. The van der Waals surface area contributed by atoms with E-state index in [1.807, 2.05) is 42.8 Å². The van der Waals surface area contributed by atoms with E-state index in [0.29, 0.717) is 11.6 Å². The monoisotopic (exact) mass is 304 g/mol. The summed E-state index contributed by atoms with van der Waals surface area (Å²) in [5, 5.41) is 3.97. The number of nitrogens with one attached hydrogen (secondary N) is 1. The van der Waals surface area contributed by atoms with Crippen molar-refractivity contribution >= 4 is 11.6 Å². The van der Waals surface area contributed by atoms with E-state index in [9.17, 15) is 4.79 Å². The number of hydrogen-bond donors (Lipinski definition) is 1. The summed E-state index contributed by atoms with van der Waals surface area (Å²) in [4.78, 5) is 12.1. The molecule has 2 aromatic rings. The number of hydrogen-bond acceptors (Lipinski definition) is 2. The maximum atomic E-state index is 12.1. The first-order chi connectivity index (χ1) is 10.0. The Labute approximate surface area is 130 Å². The highest BCUT2D eigenvalue weighted by molar-refractivity contribution is 6.30. The molecule has 0 bridgehead atoms. The fourth-order valence-corrected chi connectivity index (χ4v) is 2.47. The predicted molar refractivity (Wildman–Crippen MR) is 88.5 cm³/mol. The molecule has 1 N–H and O–H groups in total. The van der Waals surface area contributed by atoms with E-state index in [4.69, 9.17) is 11.6 Å². The second-order valence-corrected chi connectivity index (χ2v) is 5.72. The van der Waals surface area contributed by atoms with Gasteiger partial charge in [0.2, 0.25) is 0 Å². The number of aromatic nitrogens is 1. The molecule has 0 unspecified atom stereocenters. The molecule has 1 aromatic carbocycles. The highest BCUT2D eigenvalue weighted by Crippen LogP contribution is 2.20. The maximum Gasteiger partial charge on any atom is 0.186 e. The average Bonchev–Trinajstić information content (AvgIpc) is 2.44. The molecule has 4 heteroatoms. The minimum absolute atomic E-state index is 0.0760. The van der Waals surface area contributed by atoms with Gasteiger partial charge in [-0.3, -0.25) is 4.79 Å². The first-order valence-electron chi connectivity index (χ1n) is 7.22. The van der Waals surface area contributed by atoms with E-state index in [1.54, 1.807) is 6.07 Å². The molecule has 1 aromatic heterocycles. The van der Waals surface area contributed by atoms with Crippen molar-refractivity contribution in [3.05, 3.63) is 62.5 Å². The standard InChI is InChI=1S/C17H21ClN2O/c1-4-7-19-10-14-11-20(13(3)8-17(14)21)16-9-15(18)6-5-12(16)2/h5-6,8-9,11,19H,4,7,10H2,1-3H3. The van der Waals surface area contributed by atoms with Gasteiger partial charge >= 0.3 is 0 Å². The molecule has 0 amide bonds. The molecule has 0 saturated carbocycles. The number of halogens is 1. The van der Waals surface area contributed by atoms with Crippen molar-refractivity contribution in [3.8, 4) is 5.69 Å². The molecule has 0 fully saturated rings. The fraction of sp³-hybridized carbons (Fsp3) is 0.353. The van der Waals surface area contributed by atoms with E-state index in [2.05, 4.69) is 12.2 Å². The van der Waals surface area contributed by atoms with Gasteiger partial charge < -0.3 is 9.88 Å². The summed E-state index contributed by atoms with van der Waals surface area (Å²) in [5.74, 6) is 0. The molecule has 1 heterocycles. The van der Waals surface area contributed by atoms with Crippen molar-refractivity contribution in [3.63, 3.8) is 0 Å². The first kappa shape index (κ1) is 15.8. The molecular formula is C17H21ClN2O. The van der Waals surface area contributed by atoms with Gasteiger partial charge in [0, 0.05) is 40.8 Å². The van der Waals surface area contributed by atoms with Gasteiger partial charge in [0.05, 0.1) is 0 Å². The van der Waals surface area contributed by atoms with Crippen LogP contribution in [0.3, 0.4) is 0 Å². The minimum atomic E-state index is 0.0760. The number of rotatable bonds is 5. The fourth-order valence-electron chi connectivity index (χ4n) is 2.31. The molecular weight excluding hydrogens is 284 g/mol. The van der Waals surface area contributed by atoms with Crippen LogP contribution in [0.1, 0.15) is 30.2 Å². The molecule has 0 atom stereocenters. The number of pyridine rings is 1. The van der Waals surface area contributed by atoms with E-state index in [1.165, 1.54) is 0 Å². The Morgan fingerprint density at radius 2 is 2.00 bits per heavy atom.